The van der Waals surface area contributed by atoms with Crippen molar-refractivity contribution >= 4 is 27.9 Å². The third-order valence-electron chi connectivity index (χ3n) is 2.71. The van der Waals surface area contributed by atoms with Crippen molar-refractivity contribution in [1.29, 1.82) is 0 Å². The average Bonchev–Trinajstić information content (AvgIpc) is 3.31. The second-order valence-electron chi connectivity index (χ2n) is 4.77. The summed E-state index contributed by atoms with van der Waals surface area (Å²) in [6.45, 7) is 0. The van der Waals surface area contributed by atoms with Gasteiger partial charge in [-0.3, -0.25) is 9.52 Å². The molecular formula is C12H14F3N3O6S. The molecule has 1 fully saturated rings. The monoisotopic (exact) mass is 385 g/mol. The van der Waals surface area contributed by atoms with Crippen LogP contribution in [0.5, 0.6) is 0 Å². The molecule has 1 saturated carbocycles. The molecule has 0 unspecified atom stereocenters. The Bertz CT molecular complexity index is 734. The second-order valence-corrected chi connectivity index (χ2v) is 6.73. The molecule has 1 heterocycles. The summed E-state index contributed by atoms with van der Waals surface area (Å²) < 4.78 is 61.9. The number of nitrogens with one attached hydrogen (secondary N) is 1. The van der Waals surface area contributed by atoms with Crippen LogP contribution in [-0.4, -0.2) is 54.0 Å². The number of carbonyl (C=O) groups excluding carboxylic acids is 1. The zero-order chi connectivity index (χ0) is 19.3. The van der Waals surface area contributed by atoms with E-state index in [2.05, 4.69) is 19.4 Å². The lowest BCUT2D eigenvalue weighted by atomic mass is 10.3. The molecule has 0 amide bonds. The van der Waals surface area contributed by atoms with E-state index in [0.29, 0.717) is 18.5 Å². The molecule has 1 aliphatic carbocycles. The number of alkyl halides is 3. The first-order valence-corrected chi connectivity index (χ1v) is 8.21. The van der Waals surface area contributed by atoms with Crippen LogP contribution in [0.4, 0.5) is 19.1 Å². The molecule has 0 bridgehead atoms. The van der Waals surface area contributed by atoms with Gasteiger partial charge < -0.3 is 9.84 Å². The Hall–Kier alpha value is -2.44. The number of esters is 1. The van der Waals surface area contributed by atoms with Crippen LogP contribution in [0.1, 0.15) is 18.5 Å². The molecule has 13 heteroatoms. The lowest BCUT2D eigenvalue weighted by molar-refractivity contribution is -0.192. The molecule has 0 radical (unpaired) electrons. The number of hydrogen-bond acceptors (Lipinski definition) is 7. The molecule has 0 aliphatic heterocycles. The lowest BCUT2D eigenvalue weighted by Gasteiger charge is -2.06. The summed E-state index contributed by atoms with van der Waals surface area (Å²) >= 11 is 0. The topological polar surface area (TPSA) is 136 Å². The Balaban J connectivity index is 0.000000381. The first-order valence-electron chi connectivity index (χ1n) is 6.66. The van der Waals surface area contributed by atoms with Crippen LogP contribution in [0.3, 0.4) is 0 Å². The van der Waals surface area contributed by atoms with E-state index >= 15 is 0 Å². The van der Waals surface area contributed by atoms with Crippen molar-refractivity contribution in [3.05, 3.63) is 18.0 Å². The number of methoxy groups -OCH3 is 1. The molecule has 25 heavy (non-hydrogen) atoms. The fraction of sp³-hybridized carbons (Fsp3) is 0.500. The van der Waals surface area contributed by atoms with Crippen molar-refractivity contribution in [1.82, 2.24) is 9.97 Å². The molecule has 2 N–H and O–H groups in total. The third-order valence-corrected chi connectivity index (χ3v) is 4.52. The van der Waals surface area contributed by atoms with Gasteiger partial charge in [-0.05, 0) is 18.9 Å². The van der Waals surface area contributed by atoms with Crippen molar-refractivity contribution in [3.63, 3.8) is 0 Å². The Morgan fingerprint density at radius 3 is 2.40 bits per heavy atom. The average molecular weight is 385 g/mol. The summed E-state index contributed by atoms with van der Waals surface area (Å²) in [4.78, 5) is 27.7. The van der Waals surface area contributed by atoms with E-state index in [-0.39, 0.29) is 17.6 Å². The van der Waals surface area contributed by atoms with E-state index in [1.54, 1.807) is 0 Å². The highest BCUT2D eigenvalue weighted by Gasteiger charge is 2.38. The zero-order valence-electron chi connectivity index (χ0n) is 12.8. The van der Waals surface area contributed by atoms with Gasteiger partial charge in [-0.2, -0.15) is 13.2 Å². The number of hydrogen-bond donors (Lipinski definition) is 2. The highest BCUT2D eigenvalue weighted by Crippen LogP contribution is 2.28. The van der Waals surface area contributed by atoms with Crippen molar-refractivity contribution in [2.24, 2.45) is 0 Å². The fourth-order valence-corrected chi connectivity index (χ4v) is 2.63. The fourth-order valence-electron chi connectivity index (χ4n) is 1.35. The van der Waals surface area contributed by atoms with Gasteiger partial charge in [0.2, 0.25) is 16.0 Å². The van der Waals surface area contributed by atoms with E-state index in [1.165, 1.54) is 19.4 Å². The minimum Gasteiger partial charge on any atom is -0.475 e. The summed E-state index contributed by atoms with van der Waals surface area (Å²) in [5.41, 5.74) is 0.408. The van der Waals surface area contributed by atoms with E-state index in [9.17, 15) is 26.4 Å². The molecule has 140 valence electrons. The number of carbonyl (C=O) groups is 2. The van der Waals surface area contributed by atoms with Gasteiger partial charge in [-0.15, -0.1) is 0 Å². The normalized spacial score (nSPS) is 14.1. The number of aromatic nitrogens is 2. The van der Waals surface area contributed by atoms with Crippen LogP contribution in [-0.2, 0) is 30.8 Å². The maximum Gasteiger partial charge on any atom is 0.490 e. The van der Waals surface area contributed by atoms with Crippen molar-refractivity contribution in [2.75, 3.05) is 11.8 Å². The van der Waals surface area contributed by atoms with E-state index < -0.39 is 28.1 Å². The molecule has 0 saturated heterocycles. The largest absolute Gasteiger partial charge is 0.490 e. The highest BCUT2D eigenvalue weighted by molar-refractivity contribution is 7.93. The van der Waals surface area contributed by atoms with Crippen LogP contribution in [0.25, 0.3) is 0 Å². The molecule has 0 aromatic carbocycles. The van der Waals surface area contributed by atoms with E-state index in [0.717, 1.165) is 0 Å². The number of carboxylic acids is 1. The minimum atomic E-state index is -5.08. The molecule has 1 aromatic rings. The van der Waals surface area contributed by atoms with Gasteiger partial charge in [-0.25, -0.2) is 23.2 Å². The van der Waals surface area contributed by atoms with Gasteiger partial charge in [0.15, 0.2) is 0 Å². The summed E-state index contributed by atoms with van der Waals surface area (Å²) in [5.74, 6) is -3.21. The molecule has 0 atom stereocenters. The van der Waals surface area contributed by atoms with Gasteiger partial charge in [0.1, 0.15) is 0 Å². The maximum atomic E-state index is 11.7. The smallest absolute Gasteiger partial charge is 0.475 e. The number of ether oxygens (including phenoxy) is 1. The lowest BCUT2D eigenvalue weighted by Crippen LogP contribution is -2.21. The van der Waals surface area contributed by atoms with Gasteiger partial charge in [0, 0.05) is 6.20 Å². The Morgan fingerprint density at radius 2 is 1.96 bits per heavy atom. The molecular weight excluding hydrogens is 371 g/mol. The first-order chi connectivity index (χ1) is 11.5. The minimum absolute atomic E-state index is 0.0108. The van der Waals surface area contributed by atoms with E-state index in [1.807, 2.05) is 0 Å². The number of sulfonamides is 1. The van der Waals surface area contributed by atoms with Crippen LogP contribution < -0.4 is 4.72 Å². The summed E-state index contributed by atoms with van der Waals surface area (Å²) in [6, 6.07) is 1.53. The van der Waals surface area contributed by atoms with Gasteiger partial charge in [-0.1, -0.05) is 0 Å². The van der Waals surface area contributed by atoms with Crippen LogP contribution in [0.15, 0.2) is 12.3 Å². The van der Waals surface area contributed by atoms with Crippen LogP contribution >= 0.6 is 0 Å². The molecule has 1 aromatic heterocycles. The standard InChI is InChI=1S/C10H13N3O4S.C2HF3O2/c1-17-9(14)6-7-4-5-11-10(12-7)13-18(15,16)8-2-3-8;3-2(4,5)1(6)7/h4-5,8H,2-3,6H2,1H3,(H,11,12,13);(H,6,7). The number of rotatable bonds is 5. The second kappa shape index (κ2) is 8.09. The highest BCUT2D eigenvalue weighted by atomic mass is 32.2. The summed E-state index contributed by atoms with van der Waals surface area (Å²) in [6.07, 6.45) is -2.37. The van der Waals surface area contributed by atoms with Crippen LogP contribution in [0.2, 0.25) is 0 Å². The number of anilines is 1. The Labute approximate surface area is 140 Å². The molecule has 9 nitrogen and oxygen atoms in total. The van der Waals surface area contributed by atoms with Crippen molar-refractivity contribution in [2.45, 2.75) is 30.7 Å². The summed E-state index contributed by atoms with van der Waals surface area (Å²) in [7, 11) is -2.10. The zero-order valence-corrected chi connectivity index (χ0v) is 13.6. The summed E-state index contributed by atoms with van der Waals surface area (Å²) in [5, 5.41) is 6.78. The Morgan fingerprint density at radius 1 is 1.40 bits per heavy atom. The molecule has 1 aliphatic rings. The first kappa shape index (κ1) is 20.6. The number of aliphatic carboxylic acids is 1. The number of carboxylic acid groups (broad SMARTS) is 1. The quantitative estimate of drug-likeness (QED) is 0.708. The van der Waals surface area contributed by atoms with E-state index in [4.69, 9.17) is 9.90 Å². The predicted octanol–water partition coefficient (Wildman–Crippen LogP) is 0.729. The number of halogens is 3. The maximum absolute atomic E-state index is 11.7. The Kier molecular flexibility index (Phi) is 6.67. The predicted molar refractivity (Wildman–Crippen MR) is 77.0 cm³/mol. The van der Waals surface area contributed by atoms with Gasteiger partial charge in [0.25, 0.3) is 0 Å². The van der Waals surface area contributed by atoms with Gasteiger partial charge in [0.05, 0.1) is 24.5 Å². The van der Waals surface area contributed by atoms with Crippen molar-refractivity contribution in [3.8, 4) is 0 Å². The van der Waals surface area contributed by atoms with Crippen LogP contribution in [0, 0.1) is 0 Å². The van der Waals surface area contributed by atoms with Crippen molar-refractivity contribution < 1.29 is 41.0 Å². The third kappa shape index (κ3) is 7.32. The molecule has 2 rings (SSSR count). The number of nitrogens with zero attached hydrogens (tertiary/aromatic N) is 2. The SMILES string of the molecule is COC(=O)Cc1ccnc(NS(=O)(=O)C2CC2)n1.O=C(O)C(F)(F)F. The van der Waals surface area contributed by atoms with Gasteiger partial charge >= 0.3 is 18.1 Å². The molecule has 0 spiro atoms.